The highest BCUT2D eigenvalue weighted by atomic mass is 16.3. The van der Waals surface area contributed by atoms with Gasteiger partial charge in [0, 0.05) is 43.8 Å². The van der Waals surface area contributed by atoms with E-state index in [1.165, 1.54) is 0 Å². The predicted molar refractivity (Wildman–Crippen MR) is 102 cm³/mol. The van der Waals surface area contributed by atoms with Crippen molar-refractivity contribution in [1.82, 2.24) is 0 Å². The lowest BCUT2D eigenvalue weighted by Crippen LogP contribution is -2.18. The van der Waals surface area contributed by atoms with Gasteiger partial charge < -0.3 is 5.11 Å². The third kappa shape index (κ3) is 1.56. The fourth-order valence-electron chi connectivity index (χ4n) is 4.09. The van der Waals surface area contributed by atoms with Crippen LogP contribution in [0, 0.1) is 6.92 Å². The molecule has 0 radical (unpaired) electrons. The molecule has 2 aromatic rings. The summed E-state index contributed by atoms with van der Waals surface area (Å²) in [6.07, 6.45) is 0. The van der Waals surface area contributed by atoms with Crippen molar-refractivity contribution in [2.75, 3.05) is 0 Å². The standard InChI is InChI=1S/C22H12O4/c1-10-15-17(21(25)13-8-4-2-6-11(13)19(15)23)18-16(10)20(24)12-7-3-5-9-14(12)22(18)26/h2-9,23H,1H3. The summed E-state index contributed by atoms with van der Waals surface area (Å²) >= 11 is 0. The summed E-state index contributed by atoms with van der Waals surface area (Å²) in [6.45, 7) is 1.67. The van der Waals surface area contributed by atoms with Gasteiger partial charge in [-0.15, -0.1) is 0 Å². The largest absolute Gasteiger partial charge is 0.507 e. The summed E-state index contributed by atoms with van der Waals surface area (Å²) in [5, 5.41) is 12.2. The Bertz CT molecular complexity index is 1450. The fraction of sp³-hybridized carbons (Fsp3) is 0.0455. The highest BCUT2D eigenvalue weighted by Crippen LogP contribution is 2.46. The average molecular weight is 340 g/mol. The molecular formula is C22H12O4. The van der Waals surface area contributed by atoms with E-state index in [2.05, 4.69) is 0 Å². The molecule has 0 aromatic heterocycles. The second-order valence-electron chi connectivity index (χ2n) is 6.55. The third-order valence-electron chi connectivity index (χ3n) is 5.26. The maximum atomic E-state index is 13.1. The maximum absolute atomic E-state index is 13.1. The van der Waals surface area contributed by atoms with Crippen molar-refractivity contribution in [1.29, 1.82) is 0 Å². The Labute approximate surface area is 147 Å². The van der Waals surface area contributed by atoms with Gasteiger partial charge in [0.15, 0.2) is 16.3 Å². The first kappa shape index (κ1) is 14.8. The van der Waals surface area contributed by atoms with Gasteiger partial charge in [-0.3, -0.25) is 14.4 Å². The highest BCUT2D eigenvalue weighted by molar-refractivity contribution is 6.08. The van der Waals surface area contributed by atoms with Crippen LogP contribution in [0.2, 0.25) is 0 Å². The molecule has 26 heavy (non-hydrogen) atoms. The molecule has 2 aromatic carbocycles. The molecule has 0 amide bonds. The quantitative estimate of drug-likeness (QED) is 0.470. The highest BCUT2D eigenvalue weighted by Gasteiger charge is 2.32. The Morgan fingerprint density at radius 1 is 0.577 bits per heavy atom. The minimum Gasteiger partial charge on any atom is -0.507 e. The number of phenolic OH excluding ortho intramolecular Hbond substituents is 1. The molecule has 1 N–H and O–H groups in total. The van der Waals surface area contributed by atoms with E-state index in [1.54, 1.807) is 55.5 Å². The number of fused-ring (bicyclic) bond motifs is 5. The molecule has 0 saturated heterocycles. The second kappa shape index (κ2) is 4.76. The number of hydrogen-bond acceptors (Lipinski definition) is 4. The zero-order valence-corrected chi connectivity index (χ0v) is 13.8. The van der Waals surface area contributed by atoms with Crippen LogP contribution in [0.4, 0.5) is 0 Å². The minimum absolute atomic E-state index is 0.0632. The predicted octanol–water partition coefficient (Wildman–Crippen LogP) is 3.17. The van der Waals surface area contributed by atoms with E-state index in [-0.39, 0.29) is 38.7 Å². The van der Waals surface area contributed by atoms with Crippen LogP contribution in [0.3, 0.4) is 0 Å². The molecule has 0 spiro atoms. The van der Waals surface area contributed by atoms with Crippen LogP contribution < -0.4 is 16.3 Å². The van der Waals surface area contributed by atoms with Crippen LogP contribution in [0.1, 0.15) is 5.56 Å². The van der Waals surface area contributed by atoms with Crippen molar-refractivity contribution in [3.8, 4) is 28.0 Å². The molecule has 0 saturated carbocycles. The van der Waals surface area contributed by atoms with E-state index in [0.29, 0.717) is 32.7 Å². The first-order valence-electron chi connectivity index (χ1n) is 8.24. The molecule has 0 unspecified atom stereocenters. The van der Waals surface area contributed by atoms with Gasteiger partial charge in [0.05, 0.1) is 0 Å². The zero-order valence-electron chi connectivity index (χ0n) is 13.8. The fourth-order valence-corrected chi connectivity index (χ4v) is 4.09. The van der Waals surface area contributed by atoms with Gasteiger partial charge in [-0.2, -0.15) is 0 Å². The Morgan fingerprint density at radius 2 is 0.962 bits per heavy atom. The van der Waals surface area contributed by atoms with E-state index in [1.807, 2.05) is 0 Å². The SMILES string of the molecule is Cc1c2c(O)c3ccccc3c(=O)c-2c2c(=O)c3ccccc3c(=O)c1-2. The molecule has 124 valence electrons. The molecule has 0 aliphatic heterocycles. The minimum atomic E-state index is -0.347. The van der Waals surface area contributed by atoms with Gasteiger partial charge in [-0.1, -0.05) is 48.5 Å². The molecule has 3 aliphatic rings. The summed E-state index contributed by atoms with van der Waals surface area (Å²) in [7, 11) is 0. The van der Waals surface area contributed by atoms with Crippen molar-refractivity contribution >= 4 is 21.5 Å². The maximum Gasteiger partial charge on any atom is 0.195 e. The topological polar surface area (TPSA) is 71.4 Å². The third-order valence-corrected chi connectivity index (χ3v) is 5.26. The van der Waals surface area contributed by atoms with Gasteiger partial charge in [0.1, 0.15) is 5.75 Å². The van der Waals surface area contributed by atoms with E-state index in [0.717, 1.165) is 0 Å². The molecule has 0 heterocycles. The summed E-state index contributed by atoms with van der Waals surface area (Å²) in [5.41, 5.74) is 0.293. The number of aromatic hydroxyl groups is 1. The molecule has 4 heteroatoms. The van der Waals surface area contributed by atoms with Crippen LogP contribution in [-0.4, -0.2) is 5.11 Å². The van der Waals surface area contributed by atoms with Crippen molar-refractivity contribution in [2.45, 2.75) is 6.92 Å². The second-order valence-corrected chi connectivity index (χ2v) is 6.55. The van der Waals surface area contributed by atoms with Crippen LogP contribution in [0.5, 0.6) is 5.75 Å². The van der Waals surface area contributed by atoms with Gasteiger partial charge >= 0.3 is 0 Å². The van der Waals surface area contributed by atoms with Crippen LogP contribution >= 0.6 is 0 Å². The molecule has 3 aliphatic carbocycles. The van der Waals surface area contributed by atoms with Gasteiger partial charge in [0.2, 0.25) is 0 Å². The van der Waals surface area contributed by atoms with Gasteiger partial charge in [-0.05, 0) is 12.5 Å². The lowest BCUT2D eigenvalue weighted by Gasteiger charge is -2.08. The first-order valence-corrected chi connectivity index (χ1v) is 8.24. The van der Waals surface area contributed by atoms with Crippen molar-refractivity contribution in [2.24, 2.45) is 0 Å². The van der Waals surface area contributed by atoms with Crippen LogP contribution in [0.25, 0.3) is 43.8 Å². The number of rotatable bonds is 0. The van der Waals surface area contributed by atoms with Crippen molar-refractivity contribution < 1.29 is 5.11 Å². The van der Waals surface area contributed by atoms with Crippen molar-refractivity contribution in [3.05, 3.63) is 84.8 Å². The monoisotopic (exact) mass is 340 g/mol. The smallest absolute Gasteiger partial charge is 0.195 e. The molecule has 0 fully saturated rings. The summed E-state index contributed by atoms with van der Waals surface area (Å²) in [4.78, 5) is 39.2. The summed E-state index contributed by atoms with van der Waals surface area (Å²) in [5.74, 6) is -0.0632. The zero-order chi connectivity index (χ0) is 18.2. The van der Waals surface area contributed by atoms with E-state index < -0.39 is 0 Å². The van der Waals surface area contributed by atoms with Gasteiger partial charge in [0.25, 0.3) is 0 Å². The lowest BCUT2D eigenvalue weighted by atomic mass is 9.95. The van der Waals surface area contributed by atoms with Crippen LogP contribution in [0.15, 0.2) is 62.9 Å². The van der Waals surface area contributed by atoms with Crippen molar-refractivity contribution in [3.63, 3.8) is 0 Å². The molecular weight excluding hydrogens is 328 g/mol. The number of benzene rings is 4. The molecule has 4 nitrogen and oxygen atoms in total. The van der Waals surface area contributed by atoms with E-state index in [9.17, 15) is 19.5 Å². The number of hydrogen-bond donors (Lipinski definition) is 1. The molecule has 0 bridgehead atoms. The number of phenols is 1. The Kier molecular flexibility index (Phi) is 2.71. The first-order chi connectivity index (χ1) is 12.5. The Morgan fingerprint density at radius 3 is 1.50 bits per heavy atom. The molecule has 5 rings (SSSR count). The van der Waals surface area contributed by atoms with Crippen LogP contribution in [-0.2, 0) is 0 Å². The molecule has 0 atom stereocenters. The normalized spacial score (nSPS) is 11.9. The average Bonchev–Trinajstić information content (AvgIpc) is 2.98. The Hall–Kier alpha value is -3.53. The van der Waals surface area contributed by atoms with E-state index in [4.69, 9.17) is 0 Å². The summed E-state index contributed by atoms with van der Waals surface area (Å²) in [6, 6.07) is 13.3. The Balaban J connectivity index is 2.22. The summed E-state index contributed by atoms with van der Waals surface area (Å²) < 4.78 is 0. The van der Waals surface area contributed by atoms with Gasteiger partial charge in [-0.25, -0.2) is 0 Å². The van der Waals surface area contributed by atoms with E-state index >= 15 is 0 Å². The lowest BCUT2D eigenvalue weighted by molar-refractivity contribution is 0.483.